The highest BCUT2D eigenvalue weighted by atomic mass is 32.1. The van der Waals surface area contributed by atoms with Gasteiger partial charge in [0.15, 0.2) is 0 Å². The van der Waals surface area contributed by atoms with Gasteiger partial charge in [-0.25, -0.2) is 0 Å². The van der Waals surface area contributed by atoms with Crippen molar-refractivity contribution in [3.8, 4) is 0 Å². The second-order valence-electron chi connectivity index (χ2n) is 3.96. The van der Waals surface area contributed by atoms with Crippen molar-refractivity contribution < 1.29 is 0 Å². The van der Waals surface area contributed by atoms with E-state index in [2.05, 4.69) is 19.6 Å². The third-order valence-electron chi connectivity index (χ3n) is 3.23. The van der Waals surface area contributed by atoms with Crippen LogP contribution >= 0.6 is 12.6 Å². The fourth-order valence-electron chi connectivity index (χ4n) is 2.22. The van der Waals surface area contributed by atoms with Crippen LogP contribution in [0, 0.1) is 11.3 Å². The minimum Gasteiger partial charge on any atom is -0.330 e. The molecule has 0 amide bonds. The maximum absolute atomic E-state index is 5.76. The quantitative estimate of drug-likeness (QED) is 0.628. The molecule has 66 valence electrons. The van der Waals surface area contributed by atoms with Crippen LogP contribution in [0.25, 0.3) is 0 Å². The van der Waals surface area contributed by atoms with Gasteiger partial charge in [0.1, 0.15) is 0 Å². The summed E-state index contributed by atoms with van der Waals surface area (Å²) in [4.78, 5) is 0. The zero-order valence-electron chi connectivity index (χ0n) is 7.34. The molecule has 2 atom stereocenters. The average Bonchev–Trinajstić information content (AvgIpc) is 2.35. The van der Waals surface area contributed by atoms with Gasteiger partial charge in [-0.1, -0.05) is 13.3 Å². The van der Waals surface area contributed by atoms with E-state index in [1.54, 1.807) is 0 Å². The van der Waals surface area contributed by atoms with Crippen molar-refractivity contribution in [1.29, 1.82) is 0 Å². The third kappa shape index (κ3) is 1.91. The van der Waals surface area contributed by atoms with E-state index in [0.29, 0.717) is 5.41 Å². The molecule has 1 fully saturated rings. The summed E-state index contributed by atoms with van der Waals surface area (Å²) in [7, 11) is 0. The normalized spacial score (nSPS) is 37.9. The van der Waals surface area contributed by atoms with Crippen LogP contribution in [0.5, 0.6) is 0 Å². The first-order valence-electron chi connectivity index (χ1n) is 4.54. The monoisotopic (exact) mass is 173 g/mol. The molecule has 1 aliphatic carbocycles. The predicted molar refractivity (Wildman–Crippen MR) is 53.0 cm³/mol. The Kier molecular flexibility index (Phi) is 3.26. The molecule has 0 aromatic heterocycles. The van der Waals surface area contributed by atoms with Gasteiger partial charge in [-0.15, -0.1) is 0 Å². The highest BCUT2D eigenvalue weighted by molar-refractivity contribution is 7.80. The second kappa shape index (κ2) is 3.81. The van der Waals surface area contributed by atoms with Crippen LogP contribution in [0.1, 0.15) is 32.6 Å². The molecule has 2 unspecified atom stereocenters. The first kappa shape index (κ1) is 9.40. The van der Waals surface area contributed by atoms with Crippen LogP contribution < -0.4 is 5.73 Å². The number of thiol groups is 1. The third-order valence-corrected chi connectivity index (χ3v) is 3.49. The van der Waals surface area contributed by atoms with Crippen molar-refractivity contribution >= 4 is 12.6 Å². The molecule has 0 bridgehead atoms. The van der Waals surface area contributed by atoms with Crippen LogP contribution in [0.2, 0.25) is 0 Å². The molecule has 0 aliphatic heterocycles. The van der Waals surface area contributed by atoms with E-state index in [4.69, 9.17) is 5.73 Å². The largest absolute Gasteiger partial charge is 0.330 e. The summed E-state index contributed by atoms with van der Waals surface area (Å²) in [5, 5.41) is 0. The second-order valence-corrected chi connectivity index (χ2v) is 4.41. The van der Waals surface area contributed by atoms with E-state index in [1.807, 2.05) is 0 Å². The number of nitrogens with two attached hydrogens (primary N) is 1. The van der Waals surface area contributed by atoms with E-state index < -0.39 is 0 Å². The Morgan fingerprint density at radius 2 is 2.36 bits per heavy atom. The Hall–Kier alpha value is 0.310. The smallest absolute Gasteiger partial charge is 0.00205 e. The zero-order valence-corrected chi connectivity index (χ0v) is 8.24. The summed E-state index contributed by atoms with van der Waals surface area (Å²) in [5.41, 5.74) is 6.20. The molecule has 0 spiro atoms. The summed E-state index contributed by atoms with van der Waals surface area (Å²) in [5.74, 6) is 1.85. The standard InChI is InChI=1S/C9H19NS/c1-9(7-10)5-2-3-8(9)4-6-11/h8,11H,2-7,10H2,1H3. The van der Waals surface area contributed by atoms with Crippen molar-refractivity contribution in [2.75, 3.05) is 12.3 Å². The molecular formula is C9H19NS. The topological polar surface area (TPSA) is 26.0 Å². The molecule has 1 rings (SSSR count). The van der Waals surface area contributed by atoms with E-state index in [1.165, 1.54) is 25.7 Å². The van der Waals surface area contributed by atoms with Gasteiger partial charge in [0.05, 0.1) is 0 Å². The first-order valence-corrected chi connectivity index (χ1v) is 5.17. The van der Waals surface area contributed by atoms with Crippen LogP contribution in [-0.2, 0) is 0 Å². The molecule has 1 saturated carbocycles. The minimum atomic E-state index is 0.433. The Morgan fingerprint density at radius 1 is 1.64 bits per heavy atom. The van der Waals surface area contributed by atoms with Gasteiger partial charge >= 0.3 is 0 Å². The van der Waals surface area contributed by atoms with Crippen molar-refractivity contribution in [1.82, 2.24) is 0 Å². The van der Waals surface area contributed by atoms with E-state index in [0.717, 1.165) is 18.2 Å². The number of hydrogen-bond donors (Lipinski definition) is 2. The van der Waals surface area contributed by atoms with Crippen LogP contribution in [-0.4, -0.2) is 12.3 Å². The summed E-state index contributed by atoms with van der Waals surface area (Å²) >= 11 is 4.27. The molecule has 0 saturated heterocycles. The highest BCUT2D eigenvalue weighted by Gasteiger charge is 2.36. The molecule has 0 aromatic rings. The lowest BCUT2D eigenvalue weighted by Gasteiger charge is -2.29. The molecule has 0 aromatic carbocycles. The fourth-order valence-corrected chi connectivity index (χ4v) is 2.53. The number of hydrogen-bond acceptors (Lipinski definition) is 2. The summed E-state index contributed by atoms with van der Waals surface area (Å²) < 4.78 is 0. The van der Waals surface area contributed by atoms with Gasteiger partial charge < -0.3 is 5.73 Å². The fraction of sp³-hybridized carbons (Fsp3) is 1.00. The van der Waals surface area contributed by atoms with Crippen LogP contribution in [0.4, 0.5) is 0 Å². The van der Waals surface area contributed by atoms with E-state index in [9.17, 15) is 0 Å². The molecule has 0 radical (unpaired) electrons. The lowest BCUT2D eigenvalue weighted by atomic mass is 9.78. The zero-order chi connectivity index (χ0) is 8.32. The number of rotatable bonds is 3. The van der Waals surface area contributed by atoms with Crippen molar-refractivity contribution in [2.45, 2.75) is 32.6 Å². The van der Waals surface area contributed by atoms with Gasteiger partial charge in [-0.05, 0) is 42.9 Å². The molecule has 1 aliphatic rings. The Bertz CT molecular complexity index is 127. The lowest BCUT2D eigenvalue weighted by molar-refractivity contribution is 0.234. The first-order chi connectivity index (χ1) is 5.23. The van der Waals surface area contributed by atoms with Crippen molar-refractivity contribution in [3.63, 3.8) is 0 Å². The molecule has 1 nitrogen and oxygen atoms in total. The summed E-state index contributed by atoms with van der Waals surface area (Å²) in [6.45, 7) is 3.18. The predicted octanol–water partition coefficient (Wildman–Crippen LogP) is 2.07. The van der Waals surface area contributed by atoms with E-state index >= 15 is 0 Å². The van der Waals surface area contributed by atoms with Crippen LogP contribution in [0.3, 0.4) is 0 Å². The molecule has 2 N–H and O–H groups in total. The maximum Gasteiger partial charge on any atom is -0.00205 e. The Morgan fingerprint density at radius 3 is 2.91 bits per heavy atom. The van der Waals surface area contributed by atoms with Gasteiger partial charge in [0.2, 0.25) is 0 Å². The summed E-state index contributed by atoms with van der Waals surface area (Å²) in [6.07, 6.45) is 5.30. The Balaban J connectivity index is 2.49. The van der Waals surface area contributed by atoms with Crippen molar-refractivity contribution in [2.24, 2.45) is 17.1 Å². The SMILES string of the molecule is CC1(CN)CCCC1CCS. The lowest BCUT2D eigenvalue weighted by Crippen LogP contribution is -2.31. The highest BCUT2D eigenvalue weighted by Crippen LogP contribution is 2.43. The van der Waals surface area contributed by atoms with Gasteiger partial charge in [-0.3, -0.25) is 0 Å². The van der Waals surface area contributed by atoms with Gasteiger partial charge in [-0.2, -0.15) is 12.6 Å². The molecule has 0 heterocycles. The van der Waals surface area contributed by atoms with Gasteiger partial charge in [0, 0.05) is 0 Å². The van der Waals surface area contributed by atoms with E-state index in [-0.39, 0.29) is 0 Å². The van der Waals surface area contributed by atoms with Crippen LogP contribution in [0.15, 0.2) is 0 Å². The average molecular weight is 173 g/mol. The molecule has 11 heavy (non-hydrogen) atoms. The molecule has 2 heteroatoms. The maximum atomic E-state index is 5.76. The molecular weight excluding hydrogens is 154 g/mol. The van der Waals surface area contributed by atoms with Crippen molar-refractivity contribution in [3.05, 3.63) is 0 Å². The minimum absolute atomic E-state index is 0.433. The Labute approximate surface area is 75.1 Å². The van der Waals surface area contributed by atoms with Gasteiger partial charge in [0.25, 0.3) is 0 Å². The summed E-state index contributed by atoms with van der Waals surface area (Å²) in [6, 6.07) is 0.